The van der Waals surface area contributed by atoms with Crippen LogP contribution < -0.4 is 15.4 Å². The number of urea groups is 1. The number of carbonyl (C=O) groups is 3. The minimum atomic E-state index is -0.730. The molecule has 0 saturated carbocycles. The first-order chi connectivity index (χ1) is 15.5. The molecule has 0 bridgehead atoms. The van der Waals surface area contributed by atoms with Gasteiger partial charge in [0.1, 0.15) is 11.8 Å². The van der Waals surface area contributed by atoms with Gasteiger partial charge in [-0.15, -0.1) is 0 Å². The normalized spacial score (nSPS) is 23.0. The van der Waals surface area contributed by atoms with Gasteiger partial charge in [-0.1, -0.05) is 19.1 Å². The number of piperazine rings is 1. The molecule has 3 unspecified atom stereocenters. The average Bonchev–Trinajstić information content (AvgIpc) is 3.23. The molecule has 0 spiro atoms. The van der Waals surface area contributed by atoms with E-state index in [4.69, 9.17) is 9.47 Å². The summed E-state index contributed by atoms with van der Waals surface area (Å²) in [5.74, 6) is -0.469. The summed E-state index contributed by atoms with van der Waals surface area (Å²) in [6.07, 6.45) is 1.00. The third kappa shape index (κ3) is 5.15. The van der Waals surface area contributed by atoms with Gasteiger partial charge >= 0.3 is 12.0 Å². The van der Waals surface area contributed by atoms with Crippen molar-refractivity contribution in [1.29, 1.82) is 0 Å². The van der Waals surface area contributed by atoms with E-state index in [1.165, 1.54) is 0 Å². The number of methoxy groups -OCH3 is 1. The first kappa shape index (κ1) is 23.8. The molecule has 1 aromatic carbocycles. The summed E-state index contributed by atoms with van der Waals surface area (Å²) < 4.78 is 10.6. The topological polar surface area (TPSA) is 100 Å². The van der Waals surface area contributed by atoms with Crippen molar-refractivity contribution in [3.05, 3.63) is 29.8 Å². The Morgan fingerprint density at radius 1 is 1.12 bits per heavy atom. The maximum atomic E-state index is 13.5. The Bertz CT molecular complexity index is 794. The van der Waals surface area contributed by atoms with Crippen molar-refractivity contribution in [2.75, 3.05) is 46.4 Å². The maximum Gasteiger partial charge on any atom is 0.318 e. The van der Waals surface area contributed by atoms with Crippen LogP contribution in [0.15, 0.2) is 24.3 Å². The lowest BCUT2D eigenvalue weighted by atomic mass is 9.93. The van der Waals surface area contributed by atoms with E-state index in [0.29, 0.717) is 38.5 Å². The number of amides is 3. The van der Waals surface area contributed by atoms with Crippen molar-refractivity contribution in [2.45, 2.75) is 38.8 Å². The van der Waals surface area contributed by atoms with E-state index in [0.717, 1.165) is 12.0 Å². The molecule has 2 aliphatic rings. The second kappa shape index (κ2) is 11.2. The highest BCUT2D eigenvalue weighted by atomic mass is 16.5. The van der Waals surface area contributed by atoms with Crippen LogP contribution in [0.25, 0.3) is 0 Å². The van der Waals surface area contributed by atoms with Crippen LogP contribution in [0.4, 0.5) is 4.79 Å². The number of rotatable bonds is 7. The minimum absolute atomic E-state index is 0.122. The molecule has 0 radical (unpaired) electrons. The number of hydrogen-bond donors (Lipinski definition) is 2. The van der Waals surface area contributed by atoms with Gasteiger partial charge in [0, 0.05) is 32.7 Å². The molecule has 2 saturated heterocycles. The molecule has 9 nitrogen and oxygen atoms in total. The molecule has 0 aromatic heterocycles. The Morgan fingerprint density at radius 3 is 2.41 bits per heavy atom. The zero-order valence-corrected chi connectivity index (χ0v) is 19.1. The number of likely N-dealkylation sites (tertiary alicyclic amines) is 1. The summed E-state index contributed by atoms with van der Waals surface area (Å²) in [5, 5.41) is 6.14. The van der Waals surface area contributed by atoms with Gasteiger partial charge in [0.25, 0.3) is 0 Å². The zero-order valence-electron chi connectivity index (χ0n) is 19.1. The number of nitrogens with zero attached hydrogens (tertiary/aromatic N) is 2. The van der Waals surface area contributed by atoms with E-state index in [1.807, 2.05) is 19.1 Å². The van der Waals surface area contributed by atoms with E-state index in [1.54, 1.807) is 36.0 Å². The third-order valence-electron chi connectivity index (χ3n) is 6.01. The molecule has 2 heterocycles. The number of benzene rings is 1. The van der Waals surface area contributed by atoms with Crippen LogP contribution in [-0.2, 0) is 14.3 Å². The van der Waals surface area contributed by atoms with Crippen LogP contribution in [0.2, 0.25) is 0 Å². The number of carbonyl (C=O) groups excluding carboxylic acids is 3. The van der Waals surface area contributed by atoms with Gasteiger partial charge in [-0.25, -0.2) is 4.79 Å². The zero-order chi connectivity index (χ0) is 23.1. The summed E-state index contributed by atoms with van der Waals surface area (Å²) in [6, 6.07) is 5.60. The van der Waals surface area contributed by atoms with Crippen molar-refractivity contribution in [3.63, 3.8) is 0 Å². The Morgan fingerprint density at radius 2 is 1.81 bits per heavy atom. The van der Waals surface area contributed by atoms with Crippen LogP contribution in [0.3, 0.4) is 0 Å². The number of esters is 1. The highest BCUT2D eigenvalue weighted by molar-refractivity contribution is 5.90. The molecule has 9 heteroatoms. The second-order valence-corrected chi connectivity index (χ2v) is 8.04. The van der Waals surface area contributed by atoms with Crippen LogP contribution in [-0.4, -0.2) is 80.2 Å². The maximum absolute atomic E-state index is 13.5. The Kier molecular flexibility index (Phi) is 8.33. The molecular formula is C23H34N4O5. The van der Waals surface area contributed by atoms with E-state index in [2.05, 4.69) is 10.6 Å². The summed E-state index contributed by atoms with van der Waals surface area (Å²) in [5.41, 5.74) is 0.770. The fourth-order valence-electron chi connectivity index (χ4n) is 4.45. The second-order valence-electron chi connectivity index (χ2n) is 8.04. The van der Waals surface area contributed by atoms with Gasteiger partial charge in [0.05, 0.1) is 25.7 Å². The minimum Gasteiger partial charge on any atom is -0.497 e. The van der Waals surface area contributed by atoms with Crippen molar-refractivity contribution < 1.29 is 23.9 Å². The smallest absolute Gasteiger partial charge is 0.318 e. The predicted octanol–water partition coefficient (Wildman–Crippen LogP) is 1.54. The molecule has 3 rings (SSSR count). The van der Waals surface area contributed by atoms with E-state index in [-0.39, 0.29) is 25.0 Å². The van der Waals surface area contributed by atoms with Crippen molar-refractivity contribution in [1.82, 2.24) is 20.4 Å². The van der Waals surface area contributed by atoms with Crippen LogP contribution >= 0.6 is 0 Å². The number of ether oxygens (including phenoxy) is 2. The molecule has 2 N–H and O–H groups in total. The monoisotopic (exact) mass is 446 g/mol. The highest BCUT2D eigenvalue weighted by Gasteiger charge is 2.52. The molecule has 176 valence electrons. The third-order valence-corrected chi connectivity index (χ3v) is 6.01. The quantitative estimate of drug-likeness (QED) is 0.617. The van der Waals surface area contributed by atoms with E-state index in [9.17, 15) is 14.4 Å². The summed E-state index contributed by atoms with van der Waals surface area (Å²) in [7, 11) is 1.58. The fraction of sp³-hybridized carbons (Fsp3) is 0.609. The lowest BCUT2D eigenvalue weighted by molar-refractivity contribution is -0.148. The molecule has 3 atom stereocenters. The molecule has 2 fully saturated rings. The molecule has 1 aromatic rings. The molecular weight excluding hydrogens is 412 g/mol. The van der Waals surface area contributed by atoms with Gasteiger partial charge in [-0.2, -0.15) is 0 Å². The molecule has 3 amide bonds. The molecule has 32 heavy (non-hydrogen) atoms. The summed E-state index contributed by atoms with van der Waals surface area (Å²) in [4.78, 5) is 43.1. The fourth-order valence-corrected chi connectivity index (χ4v) is 4.45. The standard InChI is InChI=1S/C23H34N4O5/c1-4-10-25-23(30)27-19(21(28)26-13-11-24-12-14-26)15-18(22(29)32-5-2)20(27)16-6-8-17(31-3)9-7-16/h6-9,18-20,24H,4-5,10-15H2,1-3H3,(H,25,30). The van der Waals surface area contributed by atoms with Crippen molar-refractivity contribution in [3.8, 4) is 5.75 Å². The number of hydrogen-bond acceptors (Lipinski definition) is 6. The van der Waals surface area contributed by atoms with Gasteiger partial charge in [0.15, 0.2) is 0 Å². The molecule has 0 aliphatic carbocycles. The van der Waals surface area contributed by atoms with Crippen molar-refractivity contribution >= 4 is 17.9 Å². The largest absolute Gasteiger partial charge is 0.497 e. The van der Waals surface area contributed by atoms with Gasteiger partial charge in [0.2, 0.25) is 5.91 Å². The Hall–Kier alpha value is -2.81. The van der Waals surface area contributed by atoms with Crippen LogP contribution in [0.5, 0.6) is 5.75 Å². The van der Waals surface area contributed by atoms with Gasteiger partial charge < -0.3 is 29.9 Å². The first-order valence-electron chi connectivity index (χ1n) is 11.4. The van der Waals surface area contributed by atoms with E-state index >= 15 is 0 Å². The molecule has 2 aliphatic heterocycles. The average molecular weight is 447 g/mol. The highest BCUT2D eigenvalue weighted by Crippen LogP contribution is 2.43. The lowest BCUT2D eigenvalue weighted by Gasteiger charge is -2.35. The first-order valence-corrected chi connectivity index (χ1v) is 11.4. The SMILES string of the molecule is CCCNC(=O)N1C(C(=O)N2CCNCC2)CC(C(=O)OCC)C1c1ccc(OC)cc1. The Balaban J connectivity index is 2.00. The Labute approximate surface area is 189 Å². The van der Waals surface area contributed by atoms with E-state index < -0.39 is 24.0 Å². The van der Waals surface area contributed by atoms with Crippen LogP contribution in [0.1, 0.15) is 38.3 Å². The van der Waals surface area contributed by atoms with Crippen molar-refractivity contribution in [2.24, 2.45) is 5.92 Å². The summed E-state index contributed by atoms with van der Waals surface area (Å²) >= 11 is 0. The van der Waals surface area contributed by atoms with Gasteiger partial charge in [-0.3, -0.25) is 9.59 Å². The predicted molar refractivity (Wildman–Crippen MR) is 119 cm³/mol. The van der Waals surface area contributed by atoms with Gasteiger partial charge in [-0.05, 0) is 37.5 Å². The summed E-state index contributed by atoms with van der Waals surface area (Å²) in [6.45, 7) is 7.04. The lowest BCUT2D eigenvalue weighted by Crippen LogP contribution is -2.55. The number of nitrogens with one attached hydrogen (secondary N) is 2. The van der Waals surface area contributed by atoms with Crippen LogP contribution in [0, 0.1) is 5.92 Å².